The molecule has 0 bridgehead atoms. The number of carbonyl (C=O) groups is 1. The summed E-state index contributed by atoms with van der Waals surface area (Å²) in [6, 6.07) is 9.74. The van der Waals surface area contributed by atoms with Gasteiger partial charge in [-0.3, -0.25) is 0 Å². The van der Waals surface area contributed by atoms with Crippen molar-refractivity contribution in [2.45, 2.75) is 20.3 Å². The predicted molar refractivity (Wildman–Crippen MR) is 75.9 cm³/mol. The van der Waals surface area contributed by atoms with Crippen molar-refractivity contribution >= 4 is 5.97 Å². The third-order valence-corrected chi connectivity index (χ3v) is 3.84. The number of benzene rings is 1. The highest BCUT2D eigenvalue weighted by Gasteiger charge is 2.33. The highest BCUT2D eigenvalue weighted by Crippen LogP contribution is 2.37. The highest BCUT2D eigenvalue weighted by molar-refractivity contribution is 5.90. The van der Waals surface area contributed by atoms with Crippen LogP contribution in [0.1, 0.15) is 29.4 Å². The van der Waals surface area contributed by atoms with Gasteiger partial charge in [-0.05, 0) is 37.3 Å². The number of hydrogen-bond donors (Lipinski definition) is 0. The van der Waals surface area contributed by atoms with Crippen LogP contribution in [0.2, 0.25) is 0 Å². The minimum atomic E-state index is -0.274. The van der Waals surface area contributed by atoms with Crippen molar-refractivity contribution in [2.24, 2.45) is 11.8 Å². The molecule has 1 fully saturated rings. The number of nitrogens with zero attached hydrogens (tertiary/aromatic N) is 2. The molecule has 0 spiro atoms. The number of aryl methyl sites for hydroxylation is 1. The van der Waals surface area contributed by atoms with E-state index in [2.05, 4.69) is 12.0 Å². The molecule has 20 heavy (non-hydrogen) atoms. The van der Waals surface area contributed by atoms with E-state index in [-0.39, 0.29) is 5.97 Å². The first-order chi connectivity index (χ1) is 9.65. The average Bonchev–Trinajstić information content (AvgIpc) is 3.02. The van der Waals surface area contributed by atoms with Crippen LogP contribution in [0.4, 0.5) is 0 Å². The van der Waals surface area contributed by atoms with Crippen molar-refractivity contribution in [3.8, 4) is 5.69 Å². The fourth-order valence-corrected chi connectivity index (χ4v) is 2.27. The molecular weight excluding hydrogens is 252 g/mol. The highest BCUT2D eigenvalue weighted by atomic mass is 16.5. The lowest BCUT2D eigenvalue weighted by atomic mass is 10.2. The normalized spacial score (nSPS) is 20.7. The summed E-state index contributed by atoms with van der Waals surface area (Å²) >= 11 is 0. The lowest BCUT2D eigenvalue weighted by Crippen LogP contribution is -2.08. The zero-order valence-electron chi connectivity index (χ0n) is 11.7. The number of carbonyl (C=O) groups excluding carboxylic acids is 1. The summed E-state index contributed by atoms with van der Waals surface area (Å²) in [7, 11) is 0. The Labute approximate surface area is 118 Å². The quantitative estimate of drug-likeness (QED) is 0.802. The van der Waals surface area contributed by atoms with Gasteiger partial charge >= 0.3 is 5.97 Å². The van der Waals surface area contributed by atoms with Gasteiger partial charge in [0.25, 0.3) is 0 Å². The molecule has 0 amide bonds. The standard InChI is InChI=1S/C16H18N2O2/c1-11-8-13(11)10-20-16(19)15-9-18(17-12(15)2)14-6-4-3-5-7-14/h3-7,9,11,13H,8,10H2,1-2H3. The maximum absolute atomic E-state index is 12.1. The van der Waals surface area contributed by atoms with E-state index >= 15 is 0 Å². The van der Waals surface area contributed by atoms with E-state index in [1.807, 2.05) is 37.3 Å². The van der Waals surface area contributed by atoms with Crippen LogP contribution < -0.4 is 0 Å². The molecule has 104 valence electrons. The predicted octanol–water partition coefficient (Wildman–Crippen LogP) is 2.99. The van der Waals surface area contributed by atoms with Crippen LogP contribution in [0.5, 0.6) is 0 Å². The topological polar surface area (TPSA) is 44.1 Å². The van der Waals surface area contributed by atoms with Crippen LogP contribution in [0.3, 0.4) is 0 Å². The first-order valence-corrected chi connectivity index (χ1v) is 6.94. The number of rotatable bonds is 4. The van der Waals surface area contributed by atoms with Gasteiger partial charge in [-0.1, -0.05) is 25.1 Å². The van der Waals surface area contributed by atoms with Gasteiger partial charge in [-0.2, -0.15) is 5.10 Å². The molecule has 1 aliphatic carbocycles. The Morgan fingerprint density at radius 3 is 2.75 bits per heavy atom. The molecule has 2 atom stereocenters. The van der Waals surface area contributed by atoms with Crippen LogP contribution in [-0.2, 0) is 4.74 Å². The Balaban J connectivity index is 1.73. The van der Waals surface area contributed by atoms with E-state index in [9.17, 15) is 4.79 Å². The average molecular weight is 270 g/mol. The molecule has 2 aromatic rings. The summed E-state index contributed by atoms with van der Waals surface area (Å²) in [4.78, 5) is 12.1. The number of para-hydroxylation sites is 1. The molecule has 1 saturated carbocycles. The molecule has 1 heterocycles. The molecule has 2 unspecified atom stereocenters. The van der Waals surface area contributed by atoms with Gasteiger partial charge in [0, 0.05) is 6.20 Å². The van der Waals surface area contributed by atoms with Gasteiger partial charge in [-0.15, -0.1) is 0 Å². The van der Waals surface area contributed by atoms with Crippen molar-refractivity contribution in [3.05, 3.63) is 47.8 Å². The zero-order chi connectivity index (χ0) is 14.1. The van der Waals surface area contributed by atoms with Crippen LogP contribution in [0.25, 0.3) is 5.69 Å². The van der Waals surface area contributed by atoms with E-state index in [0.29, 0.717) is 29.7 Å². The van der Waals surface area contributed by atoms with E-state index in [1.165, 1.54) is 0 Å². The molecule has 1 aliphatic rings. The Kier molecular flexibility index (Phi) is 3.30. The molecule has 1 aromatic heterocycles. The van der Waals surface area contributed by atoms with Crippen molar-refractivity contribution in [1.29, 1.82) is 0 Å². The molecule has 3 rings (SSSR count). The summed E-state index contributed by atoms with van der Waals surface area (Å²) in [5.41, 5.74) is 2.18. The Hall–Kier alpha value is -2.10. The van der Waals surface area contributed by atoms with Gasteiger partial charge in [0.1, 0.15) is 5.56 Å². The van der Waals surface area contributed by atoms with E-state index in [4.69, 9.17) is 4.74 Å². The second kappa shape index (κ2) is 5.12. The third-order valence-electron chi connectivity index (χ3n) is 3.84. The Bertz CT molecular complexity index is 619. The summed E-state index contributed by atoms with van der Waals surface area (Å²) in [5, 5.41) is 4.38. The SMILES string of the molecule is Cc1nn(-c2ccccc2)cc1C(=O)OCC1CC1C. The van der Waals surface area contributed by atoms with Crippen molar-refractivity contribution in [3.63, 3.8) is 0 Å². The molecule has 0 saturated heterocycles. The zero-order valence-corrected chi connectivity index (χ0v) is 11.7. The first kappa shape index (κ1) is 12.9. The van der Waals surface area contributed by atoms with Crippen molar-refractivity contribution in [1.82, 2.24) is 9.78 Å². The van der Waals surface area contributed by atoms with E-state index < -0.39 is 0 Å². The Morgan fingerprint density at radius 1 is 1.40 bits per heavy atom. The summed E-state index contributed by atoms with van der Waals surface area (Å²) in [5.74, 6) is 0.961. The Morgan fingerprint density at radius 2 is 2.10 bits per heavy atom. The van der Waals surface area contributed by atoms with E-state index in [0.717, 1.165) is 12.1 Å². The largest absolute Gasteiger partial charge is 0.462 e. The van der Waals surface area contributed by atoms with E-state index in [1.54, 1.807) is 10.9 Å². The fraction of sp³-hybridized carbons (Fsp3) is 0.375. The number of aromatic nitrogens is 2. The summed E-state index contributed by atoms with van der Waals surface area (Å²) in [6.07, 6.45) is 2.90. The van der Waals surface area contributed by atoms with Crippen molar-refractivity contribution in [2.75, 3.05) is 6.61 Å². The van der Waals surface area contributed by atoms with Crippen LogP contribution in [0.15, 0.2) is 36.5 Å². The van der Waals surface area contributed by atoms with Crippen LogP contribution in [0, 0.1) is 18.8 Å². The molecule has 0 N–H and O–H groups in total. The van der Waals surface area contributed by atoms with Gasteiger partial charge < -0.3 is 4.74 Å². The summed E-state index contributed by atoms with van der Waals surface area (Å²) in [6.45, 7) is 4.53. The molecule has 1 aromatic carbocycles. The van der Waals surface area contributed by atoms with Gasteiger partial charge in [0.15, 0.2) is 0 Å². The lowest BCUT2D eigenvalue weighted by molar-refractivity contribution is 0.0480. The fourth-order valence-electron chi connectivity index (χ4n) is 2.27. The second-order valence-corrected chi connectivity index (χ2v) is 5.48. The lowest BCUT2D eigenvalue weighted by Gasteiger charge is -2.02. The smallest absolute Gasteiger partial charge is 0.341 e. The van der Waals surface area contributed by atoms with Crippen LogP contribution in [-0.4, -0.2) is 22.4 Å². The van der Waals surface area contributed by atoms with Crippen molar-refractivity contribution < 1.29 is 9.53 Å². The van der Waals surface area contributed by atoms with Gasteiger partial charge in [-0.25, -0.2) is 9.48 Å². The molecule has 0 aliphatic heterocycles. The van der Waals surface area contributed by atoms with Gasteiger partial charge in [0.05, 0.1) is 18.0 Å². The minimum Gasteiger partial charge on any atom is -0.462 e. The number of hydrogen-bond acceptors (Lipinski definition) is 3. The molecule has 4 heteroatoms. The third kappa shape index (κ3) is 2.59. The maximum Gasteiger partial charge on any atom is 0.341 e. The minimum absolute atomic E-state index is 0.274. The number of esters is 1. The molecular formula is C16H18N2O2. The van der Waals surface area contributed by atoms with Gasteiger partial charge in [0.2, 0.25) is 0 Å². The molecule has 4 nitrogen and oxygen atoms in total. The second-order valence-electron chi connectivity index (χ2n) is 5.48. The molecule has 0 radical (unpaired) electrons. The van der Waals surface area contributed by atoms with Crippen LogP contribution >= 0.6 is 0 Å². The first-order valence-electron chi connectivity index (χ1n) is 6.94. The summed E-state index contributed by atoms with van der Waals surface area (Å²) < 4.78 is 7.07. The maximum atomic E-state index is 12.1. The number of ether oxygens (including phenoxy) is 1. The monoisotopic (exact) mass is 270 g/mol.